The van der Waals surface area contributed by atoms with Crippen molar-refractivity contribution in [3.8, 4) is 17.1 Å². The van der Waals surface area contributed by atoms with Crippen molar-refractivity contribution in [2.24, 2.45) is 0 Å². The molecule has 154 valence electrons. The van der Waals surface area contributed by atoms with Gasteiger partial charge in [-0.05, 0) is 61.2 Å². The number of alkyl halides is 2. The van der Waals surface area contributed by atoms with Crippen molar-refractivity contribution in [3.63, 3.8) is 0 Å². The minimum absolute atomic E-state index is 0.0292. The number of hydrogen-bond donors (Lipinski definition) is 2. The van der Waals surface area contributed by atoms with Gasteiger partial charge in [0.1, 0.15) is 11.6 Å². The molecule has 0 atom stereocenters. The number of carboxylic acid groups (broad SMARTS) is 1. The van der Waals surface area contributed by atoms with Crippen LogP contribution in [-0.2, 0) is 24.1 Å². The molecule has 30 heavy (non-hydrogen) atoms. The number of benzene rings is 2. The summed E-state index contributed by atoms with van der Waals surface area (Å²) in [5.41, 5.74) is 4.24. The molecule has 4 rings (SSSR count). The van der Waals surface area contributed by atoms with E-state index < -0.39 is 12.6 Å². The molecule has 0 saturated carbocycles. The zero-order valence-corrected chi connectivity index (χ0v) is 15.9. The van der Waals surface area contributed by atoms with Gasteiger partial charge in [-0.15, -0.1) is 0 Å². The van der Waals surface area contributed by atoms with Crippen LogP contribution < -0.4 is 10.1 Å². The maximum Gasteiger partial charge on any atom is 0.387 e. The van der Waals surface area contributed by atoms with Crippen LogP contribution in [0.1, 0.15) is 23.2 Å². The molecule has 0 aliphatic heterocycles. The Bertz CT molecular complexity index is 1050. The molecule has 0 fully saturated rings. The Balaban J connectivity index is 1.61. The van der Waals surface area contributed by atoms with Crippen LogP contribution >= 0.6 is 0 Å². The number of carboxylic acids is 1. The molecule has 1 aromatic heterocycles. The third kappa shape index (κ3) is 4.53. The van der Waals surface area contributed by atoms with Crippen molar-refractivity contribution in [2.45, 2.75) is 32.3 Å². The lowest BCUT2D eigenvalue weighted by molar-refractivity contribution is -0.136. The van der Waals surface area contributed by atoms with E-state index in [4.69, 9.17) is 5.11 Å². The van der Waals surface area contributed by atoms with Crippen LogP contribution in [0.2, 0.25) is 0 Å². The Hall–Kier alpha value is -3.55. The van der Waals surface area contributed by atoms with Crippen molar-refractivity contribution in [1.82, 2.24) is 9.97 Å². The van der Waals surface area contributed by atoms with Crippen LogP contribution in [0.15, 0.2) is 48.5 Å². The number of fused-ring (bicyclic) bond motifs is 1. The van der Waals surface area contributed by atoms with Crippen LogP contribution in [0.25, 0.3) is 11.4 Å². The molecule has 3 aromatic rings. The number of aryl methyl sites for hydroxylation is 1. The first-order chi connectivity index (χ1) is 14.5. The lowest BCUT2D eigenvalue weighted by Crippen LogP contribution is -2.05. The van der Waals surface area contributed by atoms with E-state index in [2.05, 4.69) is 20.0 Å². The van der Waals surface area contributed by atoms with Gasteiger partial charge in [0.2, 0.25) is 0 Å². The molecule has 0 bridgehead atoms. The number of nitrogens with one attached hydrogen (secondary N) is 1. The number of ether oxygens (including phenoxy) is 1. The molecule has 2 N–H and O–H groups in total. The number of halogens is 2. The van der Waals surface area contributed by atoms with Crippen molar-refractivity contribution < 1.29 is 23.4 Å². The van der Waals surface area contributed by atoms with E-state index in [0.29, 0.717) is 22.8 Å². The molecule has 0 amide bonds. The molecule has 0 radical (unpaired) electrons. The number of nitrogens with zero attached hydrogens (tertiary/aromatic N) is 2. The zero-order valence-electron chi connectivity index (χ0n) is 15.9. The molecular weight excluding hydrogens is 392 g/mol. The number of anilines is 2. The average Bonchev–Trinajstić information content (AvgIpc) is 3.18. The molecule has 1 aliphatic rings. The number of rotatable bonds is 7. The SMILES string of the molecule is O=C(O)Cc1ccc(Nc2nc(-c3ccc(OC(F)F)cc3)nc3c2CCC3)cc1. The van der Waals surface area contributed by atoms with Crippen LogP contribution in [0.3, 0.4) is 0 Å². The van der Waals surface area contributed by atoms with Crippen LogP contribution in [0.5, 0.6) is 5.75 Å². The first-order valence-electron chi connectivity index (χ1n) is 9.51. The van der Waals surface area contributed by atoms with Gasteiger partial charge in [0.05, 0.1) is 6.42 Å². The summed E-state index contributed by atoms with van der Waals surface area (Å²) in [6, 6.07) is 13.4. The van der Waals surface area contributed by atoms with Crippen molar-refractivity contribution in [3.05, 3.63) is 65.4 Å². The summed E-state index contributed by atoms with van der Waals surface area (Å²) < 4.78 is 29.1. The van der Waals surface area contributed by atoms with E-state index in [9.17, 15) is 13.6 Å². The van der Waals surface area contributed by atoms with Crippen molar-refractivity contribution in [2.75, 3.05) is 5.32 Å². The second kappa shape index (κ2) is 8.44. The topological polar surface area (TPSA) is 84.3 Å². The van der Waals surface area contributed by atoms with Gasteiger partial charge in [-0.2, -0.15) is 8.78 Å². The maximum absolute atomic E-state index is 12.4. The standard InChI is InChI=1S/C22H19F2N3O3/c23-22(24)30-16-10-6-14(7-11-16)20-26-18-3-1-2-17(18)21(27-20)25-15-8-4-13(5-9-15)12-19(28)29/h4-11,22H,1-3,12H2,(H,28,29)(H,25,26,27). The number of hydrogen-bond acceptors (Lipinski definition) is 5. The van der Waals surface area contributed by atoms with E-state index in [1.165, 1.54) is 12.1 Å². The van der Waals surface area contributed by atoms with Crippen molar-refractivity contribution >= 4 is 17.5 Å². The third-order valence-electron chi connectivity index (χ3n) is 4.84. The number of aliphatic carboxylic acids is 1. The van der Waals surface area contributed by atoms with E-state index in [0.717, 1.165) is 36.2 Å². The average molecular weight is 411 g/mol. The molecule has 8 heteroatoms. The Morgan fingerprint density at radius 1 is 1.07 bits per heavy atom. The van der Waals surface area contributed by atoms with E-state index in [1.54, 1.807) is 24.3 Å². The van der Waals surface area contributed by atoms with Crippen LogP contribution in [0.4, 0.5) is 20.3 Å². The summed E-state index contributed by atoms with van der Waals surface area (Å²) >= 11 is 0. The molecule has 0 unspecified atom stereocenters. The summed E-state index contributed by atoms with van der Waals surface area (Å²) in [6.07, 6.45) is 2.68. The Labute approximate surface area is 171 Å². The lowest BCUT2D eigenvalue weighted by Gasteiger charge is -2.13. The molecule has 1 aliphatic carbocycles. The van der Waals surface area contributed by atoms with E-state index in [1.807, 2.05) is 12.1 Å². The predicted molar refractivity (Wildman–Crippen MR) is 107 cm³/mol. The highest BCUT2D eigenvalue weighted by atomic mass is 19.3. The fourth-order valence-corrected chi connectivity index (χ4v) is 3.47. The van der Waals surface area contributed by atoms with Gasteiger partial charge in [-0.3, -0.25) is 4.79 Å². The minimum atomic E-state index is -2.87. The smallest absolute Gasteiger partial charge is 0.387 e. The summed E-state index contributed by atoms with van der Waals surface area (Å²) in [5, 5.41) is 12.2. The first kappa shape index (κ1) is 19.8. The molecule has 6 nitrogen and oxygen atoms in total. The highest BCUT2D eigenvalue weighted by molar-refractivity contribution is 5.71. The van der Waals surface area contributed by atoms with Crippen LogP contribution in [0, 0.1) is 0 Å². The highest BCUT2D eigenvalue weighted by Crippen LogP contribution is 2.31. The van der Waals surface area contributed by atoms with Gasteiger partial charge in [-0.1, -0.05) is 12.1 Å². The van der Waals surface area contributed by atoms with Gasteiger partial charge in [0.15, 0.2) is 5.82 Å². The summed E-state index contributed by atoms with van der Waals surface area (Å²) in [7, 11) is 0. The fourth-order valence-electron chi connectivity index (χ4n) is 3.47. The minimum Gasteiger partial charge on any atom is -0.481 e. The van der Waals surface area contributed by atoms with Crippen molar-refractivity contribution in [1.29, 1.82) is 0 Å². The Morgan fingerprint density at radius 2 is 1.80 bits per heavy atom. The number of carbonyl (C=O) groups is 1. The molecule has 0 saturated heterocycles. The van der Waals surface area contributed by atoms with Gasteiger partial charge in [0, 0.05) is 22.5 Å². The van der Waals surface area contributed by atoms with Gasteiger partial charge in [0.25, 0.3) is 0 Å². The maximum atomic E-state index is 12.4. The summed E-state index contributed by atoms with van der Waals surface area (Å²) in [4.78, 5) is 20.2. The second-order valence-electron chi connectivity index (χ2n) is 6.97. The Kier molecular flexibility index (Phi) is 5.56. The van der Waals surface area contributed by atoms with Gasteiger partial charge in [-0.25, -0.2) is 9.97 Å². The normalized spacial score (nSPS) is 12.6. The van der Waals surface area contributed by atoms with Crippen LogP contribution in [-0.4, -0.2) is 27.7 Å². The fraction of sp³-hybridized carbons (Fsp3) is 0.227. The summed E-state index contributed by atoms with van der Waals surface area (Å²) in [6.45, 7) is -2.87. The number of aromatic nitrogens is 2. The predicted octanol–water partition coefficient (Wildman–Crippen LogP) is 4.60. The molecular formula is C22H19F2N3O3. The summed E-state index contributed by atoms with van der Waals surface area (Å²) in [5.74, 6) is 0.407. The monoisotopic (exact) mass is 411 g/mol. The highest BCUT2D eigenvalue weighted by Gasteiger charge is 2.20. The quantitative estimate of drug-likeness (QED) is 0.591. The lowest BCUT2D eigenvalue weighted by atomic mass is 10.1. The van der Waals surface area contributed by atoms with E-state index >= 15 is 0 Å². The first-order valence-corrected chi connectivity index (χ1v) is 9.51. The van der Waals surface area contributed by atoms with E-state index in [-0.39, 0.29) is 12.2 Å². The Morgan fingerprint density at radius 3 is 2.47 bits per heavy atom. The molecule has 2 aromatic carbocycles. The third-order valence-corrected chi connectivity index (χ3v) is 4.84. The van der Waals surface area contributed by atoms with Gasteiger partial charge < -0.3 is 15.2 Å². The van der Waals surface area contributed by atoms with Gasteiger partial charge >= 0.3 is 12.6 Å². The molecule has 1 heterocycles. The largest absolute Gasteiger partial charge is 0.481 e. The second-order valence-corrected chi connectivity index (χ2v) is 6.97. The zero-order chi connectivity index (χ0) is 21.1. The molecule has 0 spiro atoms.